The first-order valence-electron chi connectivity index (χ1n) is 9.56. The van der Waals surface area contributed by atoms with Crippen molar-refractivity contribution in [2.24, 2.45) is 0 Å². The van der Waals surface area contributed by atoms with Crippen molar-refractivity contribution in [1.82, 2.24) is 9.78 Å². The minimum Gasteiger partial charge on any atom is -0.496 e. The van der Waals surface area contributed by atoms with E-state index < -0.39 is 18.0 Å². The summed E-state index contributed by atoms with van der Waals surface area (Å²) >= 11 is 0. The molecular formula is C22H25N3O4. The van der Waals surface area contributed by atoms with Gasteiger partial charge in [0.25, 0.3) is 5.91 Å². The maximum absolute atomic E-state index is 12.7. The number of methoxy groups -OCH3 is 1. The molecule has 7 nitrogen and oxygen atoms in total. The Bertz CT molecular complexity index is 1030. The molecule has 3 aromatic rings. The van der Waals surface area contributed by atoms with E-state index in [1.165, 1.54) is 14.0 Å². The van der Waals surface area contributed by atoms with Crippen LogP contribution < -0.4 is 10.1 Å². The highest BCUT2D eigenvalue weighted by Gasteiger charge is 2.23. The number of nitrogens with zero attached hydrogens (tertiary/aromatic N) is 2. The third kappa shape index (κ3) is 4.39. The summed E-state index contributed by atoms with van der Waals surface area (Å²) in [5, 5.41) is 8.84. The van der Waals surface area contributed by atoms with Crippen LogP contribution in [0.3, 0.4) is 0 Å². The SMILES string of the molecule is CC[C@H](C)n1nccc1NC(=O)[C@@H](C)OC(=O)c1cc2ccccc2cc1OC. The smallest absolute Gasteiger partial charge is 0.342 e. The van der Waals surface area contributed by atoms with Gasteiger partial charge in [0.15, 0.2) is 6.10 Å². The number of aromatic nitrogens is 2. The molecule has 0 aliphatic heterocycles. The molecule has 152 valence electrons. The van der Waals surface area contributed by atoms with E-state index in [0.717, 1.165) is 17.2 Å². The van der Waals surface area contributed by atoms with Crippen LogP contribution in [0.4, 0.5) is 5.82 Å². The van der Waals surface area contributed by atoms with Gasteiger partial charge in [-0.05, 0) is 43.2 Å². The summed E-state index contributed by atoms with van der Waals surface area (Å²) < 4.78 is 12.5. The quantitative estimate of drug-likeness (QED) is 0.606. The van der Waals surface area contributed by atoms with Crippen LogP contribution >= 0.6 is 0 Å². The zero-order valence-corrected chi connectivity index (χ0v) is 17.0. The van der Waals surface area contributed by atoms with Gasteiger partial charge in [0.1, 0.15) is 17.1 Å². The first-order chi connectivity index (χ1) is 13.9. The molecule has 0 radical (unpaired) electrons. The summed E-state index contributed by atoms with van der Waals surface area (Å²) in [6.07, 6.45) is 1.51. The lowest BCUT2D eigenvalue weighted by Gasteiger charge is -2.17. The standard InChI is InChI=1S/C22H25N3O4/c1-5-14(2)25-20(10-11-23-25)24-21(26)15(3)29-22(27)18-12-16-8-6-7-9-17(16)13-19(18)28-4/h6-15H,5H2,1-4H3,(H,24,26)/t14-,15+/m0/s1. The molecule has 0 spiro atoms. The average molecular weight is 395 g/mol. The summed E-state index contributed by atoms with van der Waals surface area (Å²) in [5.41, 5.74) is 0.274. The van der Waals surface area contributed by atoms with Crippen LogP contribution in [0.15, 0.2) is 48.7 Å². The van der Waals surface area contributed by atoms with E-state index in [1.54, 1.807) is 29.1 Å². The number of anilines is 1. The van der Waals surface area contributed by atoms with Gasteiger partial charge in [0.05, 0.1) is 19.3 Å². The highest BCUT2D eigenvalue weighted by atomic mass is 16.5. The van der Waals surface area contributed by atoms with E-state index in [9.17, 15) is 9.59 Å². The molecule has 0 aliphatic carbocycles. The van der Waals surface area contributed by atoms with Crippen molar-refractivity contribution in [2.75, 3.05) is 12.4 Å². The van der Waals surface area contributed by atoms with E-state index >= 15 is 0 Å². The number of rotatable bonds is 7. The van der Waals surface area contributed by atoms with Crippen molar-refractivity contribution in [3.63, 3.8) is 0 Å². The van der Waals surface area contributed by atoms with E-state index in [1.807, 2.05) is 38.1 Å². The molecule has 29 heavy (non-hydrogen) atoms. The Kier molecular flexibility index (Phi) is 6.16. The lowest BCUT2D eigenvalue weighted by Crippen LogP contribution is -2.31. The maximum Gasteiger partial charge on any atom is 0.342 e. The number of hydrogen-bond acceptors (Lipinski definition) is 5. The van der Waals surface area contributed by atoms with Crippen LogP contribution in [-0.2, 0) is 9.53 Å². The Hall–Kier alpha value is -3.35. The van der Waals surface area contributed by atoms with Crippen molar-refractivity contribution in [3.8, 4) is 5.75 Å². The van der Waals surface area contributed by atoms with Crippen LogP contribution in [0.25, 0.3) is 10.8 Å². The number of amides is 1. The van der Waals surface area contributed by atoms with Crippen LogP contribution in [-0.4, -0.2) is 34.9 Å². The minimum atomic E-state index is -0.987. The molecule has 1 amide bonds. The van der Waals surface area contributed by atoms with Gasteiger partial charge in [-0.25, -0.2) is 9.48 Å². The van der Waals surface area contributed by atoms with Gasteiger partial charge in [-0.1, -0.05) is 31.2 Å². The summed E-state index contributed by atoms with van der Waals surface area (Å²) in [4.78, 5) is 25.3. The van der Waals surface area contributed by atoms with Gasteiger partial charge in [0, 0.05) is 6.07 Å². The number of fused-ring (bicyclic) bond motifs is 1. The van der Waals surface area contributed by atoms with Gasteiger partial charge < -0.3 is 14.8 Å². The molecule has 1 aromatic heterocycles. The molecule has 1 heterocycles. The van der Waals surface area contributed by atoms with Crippen molar-refractivity contribution >= 4 is 28.5 Å². The average Bonchev–Trinajstić information content (AvgIpc) is 3.19. The van der Waals surface area contributed by atoms with E-state index in [-0.39, 0.29) is 11.6 Å². The number of esters is 1. The highest BCUT2D eigenvalue weighted by Crippen LogP contribution is 2.27. The van der Waals surface area contributed by atoms with Crippen molar-refractivity contribution in [3.05, 3.63) is 54.2 Å². The molecule has 0 saturated carbocycles. The molecule has 0 fully saturated rings. The lowest BCUT2D eigenvalue weighted by atomic mass is 10.1. The van der Waals surface area contributed by atoms with Crippen LogP contribution in [0, 0.1) is 0 Å². The maximum atomic E-state index is 12.7. The van der Waals surface area contributed by atoms with Crippen molar-refractivity contribution in [1.29, 1.82) is 0 Å². The van der Waals surface area contributed by atoms with E-state index in [2.05, 4.69) is 10.4 Å². The first-order valence-corrected chi connectivity index (χ1v) is 9.56. The topological polar surface area (TPSA) is 82.5 Å². The summed E-state index contributed by atoms with van der Waals surface area (Å²) in [6, 6.07) is 13.0. The fraction of sp³-hybridized carbons (Fsp3) is 0.318. The number of nitrogens with one attached hydrogen (secondary N) is 1. The van der Waals surface area contributed by atoms with E-state index in [0.29, 0.717) is 11.6 Å². The van der Waals surface area contributed by atoms with Crippen LogP contribution in [0.2, 0.25) is 0 Å². The van der Waals surface area contributed by atoms with Crippen molar-refractivity contribution < 1.29 is 19.1 Å². The van der Waals surface area contributed by atoms with E-state index in [4.69, 9.17) is 9.47 Å². The molecule has 0 unspecified atom stereocenters. The molecule has 3 rings (SSSR count). The molecule has 0 aliphatic rings. The second-order valence-electron chi connectivity index (χ2n) is 6.85. The Morgan fingerprint density at radius 3 is 2.48 bits per heavy atom. The van der Waals surface area contributed by atoms with Gasteiger partial charge in [-0.3, -0.25) is 4.79 Å². The molecule has 2 aromatic carbocycles. The Balaban J connectivity index is 1.74. The molecule has 2 atom stereocenters. The first kappa shape index (κ1) is 20.4. The monoisotopic (exact) mass is 395 g/mol. The summed E-state index contributed by atoms with van der Waals surface area (Å²) in [7, 11) is 1.49. The number of benzene rings is 2. The zero-order chi connectivity index (χ0) is 21.0. The predicted octanol–water partition coefficient (Wildman–Crippen LogP) is 4.20. The van der Waals surface area contributed by atoms with Gasteiger partial charge in [0.2, 0.25) is 0 Å². The third-order valence-corrected chi connectivity index (χ3v) is 4.87. The van der Waals surface area contributed by atoms with Crippen LogP contribution in [0.1, 0.15) is 43.6 Å². The van der Waals surface area contributed by atoms with Gasteiger partial charge in [-0.15, -0.1) is 0 Å². The fourth-order valence-electron chi connectivity index (χ4n) is 2.99. The Morgan fingerprint density at radius 2 is 1.83 bits per heavy atom. The van der Waals surface area contributed by atoms with Gasteiger partial charge in [-0.2, -0.15) is 5.10 Å². The number of ether oxygens (including phenoxy) is 2. The Morgan fingerprint density at radius 1 is 1.14 bits per heavy atom. The van der Waals surface area contributed by atoms with Gasteiger partial charge >= 0.3 is 5.97 Å². The number of carbonyl (C=O) groups excluding carboxylic acids is 2. The molecule has 1 N–H and O–H groups in total. The zero-order valence-electron chi connectivity index (χ0n) is 17.0. The third-order valence-electron chi connectivity index (χ3n) is 4.87. The second kappa shape index (κ2) is 8.77. The van der Waals surface area contributed by atoms with Crippen molar-refractivity contribution in [2.45, 2.75) is 39.3 Å². The Labute approximate surface area is 169 Å². The largest absolute Gasteiger partial charge is 0.496 e. The molecular weight excluding hydrogens is 370 g/mol. The molecule has 0 saturated heterocycles. The number of carbonyl (C=O) groups is 2. The summed E-state index contributed by atoms with van der Waals surface area (Å²) in [6.45, 7) is 5.59. The summed E-state index contributed by atoms with van der Waals surface area (Å²) in [5.74, 6) is -0.0828. The normalized spacial score (nSPS) is 13.0. The van der Waals surface area contributed by atoms with Crippen LogP contribution in [0.5, 0.6) is 5.75 Å². The molecule has 7 heteroatoms. The second-order valence-corrected chi connectivity index (χ2v) is 6.85. The lowest BCUT2D eigenvalue weighted by molar-refractivity contribution is -0.123. The number of hydrogen-bond donors (Lipinski definition) is 1. The molecule has 0 bridgehead atoms. The minimum absolute atomic E-state index is 0.139. The highest BCUT2D eigenvalue weighted by molar-refractivity contribution is 6.01. The predicted molar refractivity (Wildman–Crippen MR) is 111 cm³/mol. The fourth-order valence-corrected chi connectivity index (χ4v) is 2.99.